The Hall–Kier alpha value is -0.610. The van der Waals surface area contributed by atoms with E-state index in [2.05, 4.69) is 10.1 Å². The molecule has 0 radical (unpaired) electrons. The van der Waals surface area contributed by atoms with Gasteiger partial charge in [-0.3, -0.25) is 4.79 Å². The van der Waals surface area contributed by atoms with Crippen LogP contribution in [-0.4, -0.2) is 37.9 Å². The fourth-order valence-corrected chi connectivity index (χ4v) is 1.13. The van der Waals surface area contributed by atoms with Crippen LogP contribution in [0.3, 0.4) is 0 Å². The lowest BCUT2D eigenvalue weighted by Gasteiger charge is -2.03. The number of methoxy groups -OCH3 is 1. The number of hydrogen-bond donors (Lipinski definition) is 2. The van der Waals surface area contributed by atoms with Gasteiger partial charge in [0.05, 0.1) is 13.5 Å². The molecule has 0 unspecified atom stereocenters. The number of aliphatic hydroxyl groups excluding tert-OH is 1. The molecule has 0 aromatic carbocycles. The average molecular weight is 203 g/mol. The van der Waals surface area contributed by atoms with Crippen molar-refractivity contribution in [1.82, 2.24) is 5.32 Å². The molecule has 0 aliphatic rings. The maximum absolute atomic E-state index is 10.7. The van der Waals surface area contributed by atoms with Crippen molar-refractivity contribution in [3.63, 3.8) is 0 Å². The van der Waals surface area contributed by atoms with E-state index < -0.39 is 0 Å². The van der Waals surface area contributed by atoms with Crippen LogP contribution in [0.25, 0.3) is 0 Å². The first-order chi connectivity index (χ1) is 6.81. The molecule has 14 heavy (non-hydrogen) atoms. The molecule has 0 atom stereocenters. The lowest BCUT2D eigenvalue weighted by molar-refractivity contribution is -0.140. The van der Waals surface area contributed by atoms with Gasteiger partial charge in [-0.1, -0.05) is 12.8 Å². The van der Waals surface area contributed by atoms with Crippen molar-refractivity contribution in [2.75, 3.05) is 26.8 Å². The van der Waals surface area contributed by atoms with E-state index in [0.717, 1.165) is 32.2 Å². The summed E-state index contributed by atoms with van der Waals surface area (Å²) >= 11 is 0. The van der Waals surface area contributed by atoms with Gasteiger partial charge in [-0.25, -0.2) is 0 Å². The maximum atomic E-state index is 10.7. The Labute approximate surface area is 85.6 Å². The number of aliphatic hydroxyl groups is 1. The lowest BCUT2D eigenvalue weighted by Crippen LogP contribution is -2.19. The number of esters is 1. The SMILES string of the molecule is COC(=O)CCNCCCCCCO. The van der Waals surface area contributed by atoms with Crippen molar-refractivity contribution in [3.8, 4) is 0 Å². The molecule has 0 heterocycles. The summed E-state index contributed by atoms with van der Waals surface area (Å²) in [5, 5.41) is 11.7. The summed E-state index contributed by atoms with van der Waals surface area (Å²) in [6.45, 7) is 1.91. The van der Waals surface area contributed by atoms with Crippen LogP contribution in [0, 0.1) is 0 Å². The van der Waals surface area contributed by atoms with E-state index in [1.165, 1.54) is 7.11 Å². The lowest BCUT2D eigenvalue weighted by atomic mass is 10.2. The smallest absolute Gasteiger partial charge is 0.306 e. The Bertz CT molecular complexity index is 139. The summed E-state index contributed by atoms with van der Waals surface area (Å²) < 4.78 is 4.50. The first-order valence-electron chi connectivity index (χ1n) is 5.19. The standard InChI is InChI=1S/C10H21NO3/c1-14-10(13)6-8-11-7-4-2-3-5-9-12/h11-12H,2-9H2,1H3. The summed E-state index contributed by atoms with van der Waals surface area (Å²) in [4.78, 5) is 10.7. The molecule has 0 aromatic heterocycles. The molecule has 0 bridgehead atoms. The summed E-state index contributed by atoms with van der Waals surface area (Å²) in [5.41, 5.74) is 0. The quantitative estimate of drug-likeness (QED) is 0.427. The Morgan fingerprint density at radius 1 is 1.21 bits per heavy atom. The molecule has 4 heteroatoms. The largest absolute Gasteiger partial charge is 0.469 e. The second-order valence-corrected chi connectivity index (χ2v) is 3.21. The normalized spacial score (nSPS) is 10.1. The van der Waals surface area contributed by atoms with Crippen LogP contribution in [0.2, 0.25) is 0 Å². The monoisotopic (exact) mass is 203 g/mol. The van der Waals surface area contributed by atoms with Crippen molar-refractivity contribution in [2.24, 2.45) is 0 Å². The molecule has 84 valence electrons. The first-order valence-corrected chi connectivity index (χ1v) is 5.19. The Balaban J connectivity index is 2.95. The number of nitrogens with one attached hydrogen (secondary N) is 1. The van der Waals surface area contributed by atoms with Crippen LogP contribution in [0.1, 0.15) is 32.1 Å². The summed E-state index contributed by atoms with van der Waals surface area (Å²) in [6, 6.07) is 0. The van der Waals surface area contributed by atoms with Crippen LogP contribution in [0.4, 0.5) is 0 Å². The number of ether oxygens (including phenoxy) is 1. The van der Waals surface area contributed by atoms with E-state index in [1.807, 2.05) is 0 Å². The summed E-state index contributed by atoms with van der Waals surface area (Å²) in [6.07, 6.45) is 4.64. The second-order valence-electron chi connectivity index (χ2n) is 3.21. The van der Waals surface area contributed by atoms with Crippen molar-refractivity contribution in [3.05, 3.63) is 0 Å². The molecule has 2 N–H and O–H groups in total. The maximum Gasteiger partial charge on any atom is 0.306 e. The molecular weight excluding hydrogens is 182 g/mol. The van der Waals surface area contributed by atoms with Gasteiger partial charge in [0.1, 0.15) is 0 Å². The highest BCUT2D eigenvalue weighted by molar-refractivity contribution is 5.69. The summed E-state index contributed by atoms with van der Waals surface area (Å²) in [5.74, 6) is -0.169. The minimum absolute atomic E-state index is 0.169. The topological polar surface area (TPSA) is 58.6 Å². The predicted octanol–water partition coefficient (Wildman–Crippen LogP) is 0.692. The number of hydrogen-bond acceptors (Lipinski definition) is 4. The van der Waals surface area contributed by atoms with E-state index in [9.17, 15) is 4.79 Å². The van der Waals surface area contributed by atoms with Gasteiger partial charge >= 0.3 is 5.97 Å². The molecule has 0 fully saturated rings. The van der Waals surface area contributed by atoms with Gasteiger partial charge in [-0.2, -0.15) is 0 Å². The highest BCUT2D eigenvalue weighted by Crippen LogP contribution is 1.97. The zero-order valence-corrected chi connectivity index (χ0v) is 8.92. The summed E-state index contributed by atoms with van der Waals surface area (Å²) in [7, 11) is 1.40. The molecule has 0 aliphatic carbocycles. The van der Waals surface area contributed by atoms with Crippen LogP contribution in [0.15, 0.2) is 0 Å². The molecule has 0 rings (SSSR count). The highest BCUT2D eigenvalue weighted by Gasteiger charge is 1.97. The van der Waals surface area contributed by atoms with Crippen molar-refractivity contribution >= 4 is 5.97 Å². The van der Waals surface area contributed by atoms with Crippen molar-refractivity contribution < 1.29 is 14.6 Å². The van der Waals surface area contributed by atoms with Gasteiger partial charge in [0, 0.05) is 13.2 Å². The zero-order chi connectivity index (χ0) is 10.6. The number of rotatable bonds is 9. The number of unbranched alkanes of at least 4 members (excludes halogenated alkanes) is 3. The molecule has 4 nitrogen and oxygen atoms in total. The van der Waals surface area contributed by atoms with Gasteiger partial charge in [0.25, 0.3) is 0 Å². The molecule has 0 amide bonds. The Morgan fingerprint density at radius 2 is 1.93 bits per heavy atom. The van der Waals surface area contributed by atoms with Crippen LogP contribution in [0.5, 0.6) is 0 Å². The average Bonchev–Trinajstić information content (AvgIpc) is 2.21. The third-order valence-corrected chi connectivity index (χ3v) is 2.00. The van der Waals surface area contributed by atoms with E-state index in [4.69, 9.17) is 5.11 Å². The first kappa shape index (κ1) is 13.4. The van der Waals surface area contributed by atoms with Gasteiger partial charge in [-0.15, -0.1) is 0 Å². The van der Waals surface area contributed by atoms with Gasteiger partial charge < -0.3 is 15.2 Å². The molecule has 0 aliphatic heterocycles. The minimum Gasteiger partial charge on any atom is -0.469 e. The third-order valence-electron chi connectivity index (χ3n) is 2.00. The number of carbonyl (C=O) groups is 1. The van der Waals surface area contributed by atoms with E-state index in [0.29, 0.717) is 13.0 Å². The second kappa shape index (κ2) is 10.5. The highest BCUT2D eigenvalue weighted by atomic mass is 16.5. The Morgan fingerprint density at radius 3 is 2.57 bits per heavy atom. The molecule has 0 aromatic rings. The van der Waals surface area contributed by atoms with E-state index in [1.54, 1.807) is 0 Å². The number of carbonyl (C=O) groups excluding carboxylic acids is 1. The molecule has 0 saturated carbocycles. The van der Waals surface area contributed by atoms with Crippen LogP contribution < -0.4 is 5.32 Å². The van der Waals surface area contributed by atoms with Crippen molar-refractivity contribution in [2.45, 2.75) is 32.1 Å². The van der Waals surface area contributed by atoms with Gasteiger partial charge in [0.15, 0.2) is 0 Å². The Kier molecular flexibility index (Phi) is 10.0. The fraction of sp³-hybridized carbons (Fsp3) is 0.900. The van der Waals surface area contributed by atoms with Crippen LogP contribution >= 0.6 is 0 Å². The van der Waals surface area contributed by atoms with Crippen LogP contribution in [-0.2, 0) is 9.53 Å². The minimum atomic E-state index is -0.169. The van der Waals surface area contributed by atoms with E-state index >= 15 is 0 Å². The van der Waals surface area contributed by atoms with E-state index in [-0.39, 0.29) is 12.6 Å². The van der Waals surface area contributed by atoms with Gasteiger partial charge in [0.2, 0.25) is 0 Å². The predicted molar refractivity (Wildman–Crippen MR) is 55.1 cm³/mol. The fourth-order valence-electron chi connectivity index (χ4n) is 1.13. The van der Waals surface area contributed by atoms with Crippen molar-refractivity contribution in [1.29, 1.82) is 0 Å². The molecule has 0 spiro atoms. The molecular formula is C10H21NO3. The molecule has 0 saturated heterocycles. The third kappa shape index (κ3) is 9.48. The van der Waals surface area contributed by atoms with Gasteiger partial charge in [-0.05, 0) is 19.4 Å². The zero-order valence-electron chi connectivity index (χ0n) is 8.92.